The molecule has 1 aliphatic rings. The Morgan fingerprint density at radius 2 is 1.77 bits per heavy atom. The summed E-state index contributed by atoms with van der Waals surface area (Å²) in [7, 11) is 0. The predicted octanol–water partition coefficient (Wildman–Crippen LogP) is 3.16. The van der Waals surface area contributed by atoms with Crippen LogP contribution in [0, 0.1) is 0 Å². The van der Waals surface area contributed by atoms with Gasteiger partial charge in [-0.05, 0) is 42.7 Å². The molecule has 0 spiro atoms. The van der Waals surface area contributed by atoms with Crippen molar-refractivity contribution in [3.63, 3.8) is 0 Å². The Balaban J connectivity index is 1.70. The number of primary amides is 1. The first kappa shape index (κ1) is 20.8. The number of hydrogen-bond donors (Lipinski definition) is 2. The van der Waals surface area contributed by atoms with Gasteiger partial charge in [-0.15, -0.1) is 0 Å². The maximum Gasteiger partial charge on any atom is 0.257 e. The van der Waals surface area contributed by atoms with Crippen LogP contribution in [-0.2, 0) is 6.54 Å². The Hall–Kier alpha value is -3.48. The molecule has 2 atom stereocenters. The Labute approximate surface area is 178 Å². The highest BCUT2D eigenvalue weighted by Gasteiger charge is 2.27. The Morgan fingerprint density at radius 3 is 2.48 bits per heavy atom. The lowest BCUT2D eigenvalue weighted by Crippen LogP contribution is -2.44. The summed E-state index contributed by atoms with van der Waals surface area (Å²) >= 11 is 0. The van der Waals surface area contributed by atoms with Crippen molar-refractivity contribution in [3.8, 4) is 0 Å². The van der Waals surface area contributed by atoms with Gasteiger partial charge in [0.1, 0.15) is 11.7 Å². The van der Waals surface area contributed by atoms with Crippen LogP contribution in [0.1, 0.15) is 52.0 Å². The summed E-state index contributed by atoms with van der Waals surface area (Å²) in [6.07, 6.45) is 3.09. The molecule has 0 aliphatic heterocycles. The van der Waals surface area contributed by atoms with E-state index in [2.05, 4.69) is 5.32 Å². The Bertz CT molecular complexity index is 1190. The van der Waals surface area contributed by atoms with Gasteiger partial charge in [0.2, 0.25) is 11.3 Å². The number of aromatic nitrogens is 1. The molecule has 1 saturated carbocycles. The molecule has 1 aromatic heterocycles. The lowest BCUT2D eigenvalue weighted by atomic mass is 9.93. The van der Waals surface area contributed by atoms with E-state index in [1.165, 1.54) is 6.20 Å². The summed E-state index contributed by atoms with van der Waals surface area (Å²) in [4.78, 5) is 37.2. The van der Waals surface area contributed by atoms with Gasteiger partial charge in [0.15, 0.2) is 0 Å². The number of rotatable bonds is 5. The van der Waals surface area contributed by atoms with Gasteiger partial charge in [-0.2, -0.15) is 0 Å². The van der Waals surface area contributed by atoms with E-state index in [1.807, 2.05) is 16.7 Å². The van der Waals surface area contributed by atoms with Crippen molar-refractivity contribution >= 4 is 22.7 Å². The van der Waals surface area contributed by atoms with E-state index in [-0.39, 0.29) is 11.0 Å². The number of nitrogens with two attached hydrogens (primary N) is 1. The Morgan fingerprint density at radius 1 is 1.06 bits per heavy atom. The molecule has 1 fully saturated rings. The molecule has 3 N–H and O–H groups in total. The van der Waals surface area contributed by atoms with Gasteiger partial charge in [-0.1, -0.05) is 37.1 Å². The van der Waals surface area contributed by atoms with Crippen LogP contribution in [-0.4, -0.2) is 28.6 Å². The molecule has 1 heterocycles. The largest absolute Gasteiger partial charge is 0.366 e. The standard InChI is InChI=1S/C24H24FN3O3/c25-19-6-2-3-7-20(19)27-24(31)18-14-28(21-8-4-1-5-17(21)22(18)29)13-15-9-11-16(12-10-15)23(26)30/h1,4-5,8-12,14,19-20H,2-3,6-7,13H2,(H2,26,30)(H,27,31)/t19-,20-/m0/s1. The molecule has 4 rings (SSSR count). The van der Waals surface area contributed by atoms with E-state index in [9.17, 15) is 18.8 Å². The highest BCUT2D eigenvalue weighted by molar-refractivity contribution is 5.97. The predicted molar refractivity (Wildman–Crippen MR) is 117 cm³/mol. The summed E-state index contributed by atoms with van der Waals surface area (Å²) in [5, 5.41) is 3.14. The lowest BCUT2D eigenvalue weighted by Gasteiger charge is -2.26. The van der Waals surface area contributed by atoms with Crippen molar-refractivity contribution in [1.29, 1.82) is 0 Å². The number of para-hydroxylation sites is 1. The molecule has 7 heteroatoms. The van der Waals surface area contributed by atoms with Crippen LogP contribution in [0.15, 0.2) is 59.5 Å². The van der Waals surface area contributed by atoms with Gasteiger partial charge >= 0.3 is 0 Å². The molecule has 0 unspecified atom stereocenters. The maximum atomic E-state index is 14.2. The van der Waals surface area contributed by atoms with E-state index in [0.29, 0.717) is 35.9 Å². The summed E-state index contributed by atoms with van der Waals surface area (Å²) in [6.45, 7) is 0.384. The number of benzene rings is 2. The number of nitrogens with one attached hydrogen (secondary N) is 1. The smallest absolute Gasteiger partial charge is 0.257 e. The second-order valence-corrected chi connectivity index (χ2v) is 7.96. The fourth-order valence-electron chi connectivity index (χ4n) is 4.10. The fourth-order valence-corrected chi connectivity index (χ4v) is 4.10. The zero-order valence-electron chi connectivity index (χ0n) is 17.0. The number of halogens is 1. The lowest BCUT2D eigenvalue weighted by molar-refractivity contribution is 0.0882. The van der Waals surface area contributed by atoms with Gasteiger partial charge in [0.25, 0.3) is 5.91 Å². The summed E-state index contributed by atoms with van der Waals surface area (Å²) < 4.78 is 16.0. The topological polar surface area (TPSA) is 94.2 Å². The average molecular weight is 421 g/mol. The minimum atomic E-state index is -1.09. The zero-order chi connectivity index (χ0) is 22.0. The van der Waals surface area contributed by atoms with Gasteiger partial charge < -0.3 is 15.6 Å². The second kappa shape index (κ2) is 8.71. The SMILES string of the molecule is NC(=O)c1ccc(Cn2cc(C(=O)N[C@H]3CCCC[C@@H]3F)c(=O)c3ccccc32)cc1. The van der Waals surface area contributed by atoms with Crippen molar-refractivity contribution in [2.45, 2.75) is 44.4 Å². The van der Waals surface area contributed by atoms with E-state index < -0.39 is 24.0 Å². The molecular weight excluding hydrogens is 397 g/mol. The number of fused-ring (bicyclic) bond motifs is 1. The van der Waals surface area contributed by atoms with E-state index in [0.717, 1.165) is 18.4 Å². The highest BCUT2D eigenvalue weighted by atomic mass is 19.1. The molecule has 0 bridgehead atoms. The number of carbonyl (C=O) groups excluding carboxylic acids is 2. The van der Waals surface area contributed by atoms with E-state index in [4.69, 9.17) is 5.73 Å². The van der Waals surface area contributed by atoms with Crippen molar-refractivity contribution in [2.24, 2.45) is 5.73 Å². The summed E-state index contributed by atoms with van der Waals surface area (Å²) in [5.41, 5.74) is 6.88. The number of carbonyl (C=O) groups is 2. The minimum absolute atomic E-state index is 0.00905. The average Bonchev–Trinajstić information content (AvgIpc) is 2.77. The molecule has 2 amide bonds. The van der Waals surface area contributed by atoms with E-state index in [1.54, 1.807) is 36.4 Å². The second-order valence-electron chi connectivity index (χ2n) is 7.96. The van der Waals surface area contributed by atoms with Crippen LogP contribution in [0.25, 0.3) is 10.9 Å². The number of alkyl halides is 1. The maximum absolute atomic E-state index is 14.2. The van der Waals surface area contributed by atoms with Crippen molar-refractivity contribution < 1.29 is 14.0 Å². The van der Waals surface area contributed by atoms with Gasteiger partial charge in [0.05, 0.1) is 11.6 Å². The van der Waals surface area contributed by atoms with Crippen LogP contribution < -0.4 is 16.5 Å². The van der Waals surface area contributed by atoms with Gasteiger partial charge in [0, 0.05) is 23.7 Å². The molecule has 3 aromatic rings. The summed E-state index contributed by atoms with van der Waals surface area (Å²) in [5.74, 6) is -1.06. The highest BCUT2D eigenvalue weighted by Crippen LogP contribution is 2.22. The number of amides is 2. The third-order valence-electron chi connectivity index (χ3n) is 5.82. The van der Waals surface area contributed by atoms with Crippen LogP contribution in [0.2, 0.25) is 0 Å². The minimum Gasteiger partial charge on any atom is -0.366 e. The fraction of sp³-hybridized carbons (Fsp3) is 0.292. The monoisotopic (exact) mass is 421 g/mol. The molecule has 6 nitrogen and oxygen atoms in total. The Kier molecular flexibility index (Phi) is 5.84. The molecule has 0 saturated heterocycles. The number of hydrogen-bond acceptors (Lipinski definition) is 3. The van der Waals surface area contributed by atoms with Crippen LogP contribution in [0.5, 0.6) is 0 Å². The molecule has 160 valence electrons. The van der Waals surface area contributed by atoms with Crippen molar-refractivity contribution in [3.05, 3.63) is 81.6 Å². The van der Waals surface area contributed by atoms with Crippen LogP contribution >= 0.6 is 0 Å². The van der Waals surface area contributed by atoms with Crippen LogP contribution in [0.3, 0.4) is 0 Å². The first-order chi connectivity index (χ1) is 14.9. The molecule has 2 aromatic carbocycles. The molecule has 1 aliphatic carbocycles. The number of nitrogens with zero attached hydrogens (tertiary/aromatic N) is 1. The molecule has 0 radical (unpaired) electrons. The van der Waals surface area contributed by atoms with Crippen molar-refractivity contribution in [1.82, 2.24) is 9.88 Å². The molecular formula is C24H24FN3O3. The molecule has 31 heavy (non-hydrogen) atoms. The normalized spacial score (nSPS) is 18.6. The quantitative estimate of drug-likeness (QED) is 0.663. The third-order valence-corrected chi connectivity index (χ3v) is 5.82. The number of pyridine rings is 1. The summed E-state index contributed by atoms with van der Waals surface area (Å²) in [6, 6.07) is 13.3. The first-order valence-corrected chi connectivity index (χ1v) is 10.4. The van der Waals surface area contributed by atoms with Crippen LogP contribution in [0.4, 0.5) is 4.39 Å². The van der Waals surface area contributed by atoms with Crippen molar-refractivity contribution in [2.75, 3.05) is 0 Å². The zero-order valence-corrected chi connectivity index (χ0v) is 17.0. The third kappa shape index (κ3) is 4.35. The van der Waals surface area contributed by atoms with E-state index >= 15 is 0 Å². The van der Waals surface area contributed by atoms with Gasteiger partial charge in [-0.25, -0.2) is 4.39 Å². The van der Waals surface area contributed by atoms with Gasteiger partial charge in [-0.3, -0.25) is 14.4 Å². The first-order valence-electron chi connectivity index (χ1n) is 10.4.